The first-order valence-corrected chi connectivity index (χ1v) is 8.40. The minimum absolute atomic E-state index is 0.0331. The summed E-state index contributed by atoms with van der Waals surface area (Å²) in [6, 6.07) is 4.90. The molecule has 0 saturated heterocycles. The summed E-state index contributed by atoms with van der Waals surface area (Å²) in [6.45, 7) is 4.03. The first-order valence-electron chi connectivity index (χ1n) is 6.50. The SMILES string of the molecule is Cc1cccc(CCS(=N)(=O)CC[C@H](N)C(=O)O)c1C. The molecule has 0 heterocycles. The number of hydrogen-bond donors (Lipinski definition) is 3. The Labute approximate surface area is 120 Å². The van der Waals surface area contributed by atoms with E-state index in [1.54, 1.807) is 0 Å². The summed E-state index contributed by atoms with van der Waals surface area (Å²) in [5.41, 5.74) is 8.79. The van der Waals surface area contributed by atoms with Gasteiger partial charge in [0.15, 0.2) is 0 Å². The van der Waals surface area contributed by atoms with Crippen LogP contribution in [-0.2, 0) is 20.9 Å². The van der Waals surface area contributed by atoms with E-state index in [0.717, 1.165) is 11.1 Å². The van der Waals surface area contributed by atoms with E-state index >= 15 is 0 Å². The Bertz CT molecular complexity index is 582. The number of aryl methyl sites for hydroxylation is 2. The normalized spacial score (nSPS) is 15.6. The van der Waals surface area contributed by atoms with Crippen LogP contribution in [0.15, 0.2) is 18.2 Å². The lowest BCUT2D eigenvalue weighted by Crippen LogP contribution is -2.32. The molecule has 0 bridgehead atoms. The van der Waals surface area contributed by atoms with Crippen LogP contribution in [0.4, 0.5) is 0 Å². The van der Waals surface area contributed by atoms with Crippen LogP contribution < -0.4 is 5.73 Å². The molecule has 4 N–H and O–H groups in total. The minimum Gasteiger partial charge on any atom is -0.480 e. The summed E-state index contributed by atoms with van der Waals surface area (Å²) in [5, 5.41) is 8.67. The fraction of sp³-hybridized carbons (Fsp3) is 0.500. The smallest absolute Gasteiger partial charge is 0.320 e. The number of nitrogens with one attached hydrogen (secondary N) is 1. The van der Waals surface area contributed by atoms with Crippen molar-refractivity contribution in [3.8, 4) is 0 Å². The van der Waals surface area contributed by atoms with Crippen molar-refractivity contribution in [3.63, 3.8) is 0 Å². The van der Waals surface area contributed by atoms with Gasteiger partial charge < -0.3 is 10.8 Å². The lowest BCUT2D eigenvalue weighted by atomic mass is 10.0. The van der Waals surface area contributed by atoms with Gasteiger partial charge in [-0.25, -0.2) is 4.21 Å². The van der Waals surface area contributed by atoms with Crippen LogP contribution in [0.2, 0.25) is 0 Å². The zero-order valence-electron chi connectivity index (χ0n) is 11.9. The molecule has 0 aliphatic heterocycles. The minimum atomic E-state index is -2.78. The van der Waals surface area contributed by atoms with E-state index < -0.39 is 21.7 Å². The third-order valence-electron chi connectivity index (χ3n) is 3.49. The second kappa shape index (κ2) is 6.85. The van der Waals surface area contributed by atoms with Crippen molar-refractivity contribution in [1.29, 1.82) is 4.78 Å². The predicted octanol–water partition coefficient (Wildman–Crippen LogP) is 1.69. The molecule has 1 rings (SSSR count). The molecular formula is C14H22N2O3S. The highest BCUT2D eigenvalue weighted by Crippen LogP contribution is 2.14. The lowest BCUT2D eigenvalue weighted by Gasteiger charge is -2.12. The maximum atomic E-state index is 12.1. The molecule has 0 spiro atoms. The van der Waals surface area contributed by atoms with Crippen molar-refractivity contribution in [2.24, 2.45) is 5.73 Å². The van der Waals surface area contributed by atoms with Crippen LogP contribution in [0, 0.1) is 18.6 Å². The zero-order valence-corrected chi connectivity index (χ0v) is 12.7. The van der Waals surface area contributed by atoms with E-state index in [9.17, 15) is 9.00 Å². The van der Waals surface area contributed by atoms with Gasteiger partial charge in [0.2, 0.25) is 0 Å². The van der Waals surface area contributed by atoms with Gasteiger partial charge in [0.25, 0.3) is 0 Å². The fourth-order valence-electron chi connectivity index (χ4n) is 1.90. The predicted molar refractivity (Wildman–Crippen MR) is 80.4 cm³/mol. The molecule has 1 aromatic carbocycles. The zero-order chi connectivity index (χ0) is 15.3. The summed E-state index contributed by atoms with van der Waals surface area (Å²) < 4.78 is 19.9. The molecule has 0 amide bonds. The molecule has 112 valence electrons. The van der Waals surface area contributed by atoms with Crippen LogP contribution in [0.1, 0.15) is 23.1 Å². The molecule has 1 unspecified atom stereocenters. The van der Waals surface area contributed by atoms with E-state index in [-0.39, 0.29) is 17.9 Å². The van der Waals surface area contributed by atoms with Gasteiger partial charge in [-0.05, 0) is 43.4 Å². The highest BCUT2D eigenvalue weighted by molar-refractivity contribution is 7.92. The number of carbonyl (C=O) groups is 1. The van der Waals surface area contributed by atoms with Crippen LogP contribution in [0.5, 0.6) is 0 Å². The van der Waals surface area contributed by atoms with Crippen molar-refractivity contribution >= 4 is 15.7 Å². The third-order valence-corrected chi connectivity index (χ3v) is 5.25. The summed E-state index contributed by atoms with van der Waals surface area (Å²) in [5.74, 6) is -0.843. The van der Waals surface area contributed by atoms with Gasteiger partial charge in [-0.2, -0.15) is 0 Å². The Balaban J connectivity index is 2.59. The summed E-state index contributed by atoms with van der Waals surface area (Å²) in [4.78, 5) is 10.6. The Kier molecular flexibility index (Phi) is 5.71. The lowest BCUT2D eigenvalue weighted by molar-refractivity contribution is -0.138. The van der Waals surface area contributed by atoms with Crippen molar-refractivity contribution in [2.45, 2.75) is 32.7 Å². The second-order valence-corrected chi connectivity index (χ2v) is 7.50. The van der Waals surface area contributed by atoms with Crippen molar-refractivity contribution < 1.29 is 14.1 Å². The number of aliphatic carboxylic acids is 1. The first kappa shape index (κ1) is 16.7. The standard InChI is InChI=1S/C14H22N2O3S/c1-10-4-3-5-12(11(10)2)6-8-20(16,19)9-7-13(15)14(17)18/h3-5,13,16H,6-9,15H2,1-2H3,(H,17,18)/t13-,20?/m0/s1. The quantitative estimate of drug-likeness (QED) is 0.712. The molecule has 0 aromatic heterocycles. The summed E-state index contributed by atoms with van der Waals surface area (Å²) in [7, 11) is -2.78. The summed E-state index contributed by atoms with van der Waals surface area (Å²) in [6.07, 6.45) is 0.641. The van der Waals surface area contributed by atoms with Gasteiger partial charge in [-0.3, -0.25) is 9.57 Å². The van der Waals surface area contributed by atoms with Gasteiger partial charge in [-0.15, -0.1) is 0 Å². The maximum absolute atomic E-state index is 12.1. The Morgan fingerprint density at radius 1 is 1.40 bits per heavy atom. The van der Waals surface area contributed by atoms with E-state index in [1.807, 2.05) is 32.0 Å². The number of benzene rings is 1. The average Bonchev–Trinajstić information content (AvgIpc) is 2.37. The molecule has 0 aliphatic carbocycles. The Morgan fingerprint density at radius 2 is 2.05 bits per heavy atom. The number of carboxylic acids is 1. The van der Waals surface area contributed by atoms with Gasteiger partial charge in [0, 0.05) is 21.2 Å². The molecule has 1 aromatic rings. The molecule has 2 atom stereocenters. The van der Waals surface area contributed by atoms with E-state index in [2.05, 4.69) is 0 Å². The monoisotopic (exact) mass is 298 g/mol. The van der Waals surface area contributed by atoms with Crippen molar-refractivity contribution in [1.82, 2.24) is 0 Å². The molecule has 6 heteroatoms. The van der Waals surface area contributed by atoms with Crippen LogP contribution in [-0.4, -0.2) is 32.8 Å². The topological polar surface area (TPSA) is 104 Å². The molecule has 20 heavy (non-hydrogen) atoms. The van der Waals surface area contributed by atoms with E-state index in [0.29, 0.717) is 6.42 Å². The molecule has 0 fully saturated rings. The van der Waals surface area contributed by atoms with Gasteiger partial charge in [0.1, 0.15) is 6.04 Å². The van der Waals surface area contributed by atoms with Crippen LogP contribution >= 0.6 is 0 Å². The highest BCUT2D eigenvalue weighted by atomic mass is 32.2. The molecule has 0 saturated carbocycles. The van der Waals surface area contributed by atoms with E-state index in [1.165, 1.54) is 5.56 Å². The Morgan fingerprint density at radius 3 is 2.65 bits per heavy atom. The largest absolute Gasteiger partial charge is 0.480 e. The van der Waals surface area contributed by atoms with Gasteiger partial charge in [-0.1, -0.05) is 18.2 Å². The number of carboxylic acid groups (broad SMARTS) is 1. The third kappa shape index (κ3) is 4.94. The molecule has 5 nitrogen and oxygen atoms in total. The highest BCUT2D eigenvalue weighted by Gasteiger charge is 2.15. The number of hydrogen-bond acceptors (Lipinski definition) is 4. The van der Waals surface area contributed by atoms with Crippen LogP contribution in [0.3, 0.4) is 0 Å². The van der Waals surface area contributed by atoms with Gasteiger partial charge in [0.05, 0.1) is 0 Å². The van der Waals surface area contributed by atoms with Gasteiger partial charge >= 0.3 is 5.97 Å². The van der Waals surface area contributed by atoms with Crippen molar-refractivity contribution in [2.75, 3.05) is 11.5 Å². The fourth-order valence-corrected chi connectivity index (χ4v) is 3.29. The first-order chi connectivity index (χ1) is 9.23. The van der Waals surface area contributed by atoms with E-state index in [4.69, 9.17) is 15.6 Å². The van der Waals surface area contributed by atoms with Crippen molar-refractivity contribution in [3.05, 3.63) is 34.9 Å². The Hall–Kier alpha value is -1.40. The number of nitrogens with two attached hydrogens (primary N) is 1. The molecule has 0 aliphatic rings. The second-order valence-electron chi connectivity index (χ2n) is 5.06. The number of rotatable bonds is 7. The molecular weight excluding hydrogens is 276 g/mol. The summed E-state index contributed by atoms with van der Waals surface area (Å²) >= 11 is 0. The average molecular weight is 298 g/mol. The maximum Gasteiger partial charge on any atom is 0.320 e. The van der Waals surface area contributed by atoms with Crippen LogP contribution in [0.25, 0.3) is 0 Å². The molecule has 0 radical (unpaired) electrons.